The molecule has 0 heterocycles. The summed E-state index contributed by atoms with van der Waals surface area (Å²) in [5, 5.41) is 6.03. The third kappa shape index (κ3) is 3.54. The Balaban J connectivity index is 2.11. The molecule has 0 spiro atoms. The summed E-state index contributed by atoms with van der Waals surface area (Å²) in [6.07, 6.45) is 0. The molecule has 1 atom stereocenters. The lowest BCUT2D eigenvalue weighted by Crippen LogP contribution is -2.27. The van der Waals surface area contributed by atoms with Crippen LogP contribution in [0.5, 0.6) is 5.75 Å². The molecule has 4 nitrogen and oxygen atoms in total. The number of benzene rings is 2. The monoisotopic (exact) mass is 284 g/mol. The number of methoxy groups -OCH3 is 1. The Hall–Kier alpha value is -2.49. The Bertz CT molecular complexity index is 608. The second kappa shape index (κ2) is 6.79. The maximum absolute atomic E-state index is 12.4. The molecule has 110 valence electrons. The Labute approximate surface area is 125 Å². The van der Waals surface area contributed by atoms with E-state index in [2.05, 4.69) is 10.6 Å². The molecule has 0 bridgehead atoms. The van der Waals surface area contributed by atoms with E-state index in [4.69, 9.17) is 4.74 Å². The number of ether oxygens (including phenoxy) is 1. The fourth-order valence-corrected chi connectivity index (χ4v) is 2.15. The third-order valence-electron chi connectivity index (χ3n) is 3.40. The fraction of sp³-hybridized carbons (Fsp3) is 0.235. The van der Waals surface area contributed by atoms with Gasteiger partial charge in [-0.05, 0) is 36.8 Å². The molecule has 0 fully saturated rings. The summed E-state index contributed by atoms with van der Waals surface area (Å²) in [6.45, 7) is 1.96. The van der Waals surface area contributed by atoms with Crippen molar-refractivity contribution in [2.75, 3.05) is 19.5 Å². The van der Waals surface area contributed by atoms with Crippen LogP contribution in [0, 0.1) is 0 Å². The number of para-hydroxylation sites is 1. The number of hydrogen-bond acceptors (Lipinski definition) is 3. The first kappa shape index (κ1) is 14.9. The molecule has 21 heavy (non-hydrogen) atoms. The van der Waals surface area contributed by atoms with Gasteiger partial charge in [0, 0.05) is 12.7 Å². The smallest absolute Gasteiger partial charge is 0.253 e. The van der Waals surface area contributed by atoms with Crippen molar-refractivity contribution in [3.05, 3.63) is 59.7 Å². The zero-order valence-corrected chi connectivity index (χ0v) is 12.5. The number of amides is 1. The Kier molecular flexibility index (Phi) is 4.82. The van der Waals surface area contributed by atoms with Crippen LogP contribution in [0.25, 0.3) is 0 Å². The van der Waals surface area contributed by atoms with Gasteiger partial charge in [-0.2, -0.15) is 0 Å². The van der Waals surface area contributed by atoms with Crippen LogP contribution in [-0.2, 0) is 0 Å². The van der Waals surface area contributed by atoms with E-state index in [0.717, 1.165) is 17.0 Å². The minimum atomic E-state index is -0.0942. The van der Waals surface area contributed by atoms with E-state index in [1.165, 1.54) is 0 Å². The van der Waals surface area contributed by atoms with Gasteiger partial charge in [0.15, 0.2) is 0 Å². The lowest BCUT2D eigenvalue weighted by atomic mass is 10.1. The van der Waals surface area contributed by atoms with Gasteiger partial charge in [0.2, 0.25) is 0 Å². The first-order valence-corrected chi connectivity index (χ1v) is 6.87. The summed E-state index contributed by atoms with van der Waals surface area (Å²) >= 11 is 0. The van der Waals surface area contributed by atoms with Crippen LogP contribution in [0.3, 0.4) is 0 Å². The minimum Gasteiger partial charge on any atom is -0.497 e. The number of anilines is 1. The van der Waals surface area contributed by atoms with Gasteiger partial charge in [-0.3, -0.25) is 4.79 Å². The van der Waals surface area contributed by atoms with Crippen LogP contribution in [0.1, 0.15) is 28.9 Å². The summed E-state index contributed by atoms with van der Waals surface area (Å²) in [7, 11) is 3.44. The maximum atomic E-state index is 12.4. The van der Waals surface area contributed by atoms with E-state index < -0.39 is 0 Å². The van der Waals surface area contributed by atoms with E-state index in [-0.39, 0.29) is 11.9 Å². The Morgan fingerprint density at radius 1 is 1.10 bits per heavy atom. The quantitative estimate of drug-likeness (QED) is 0.886. The van der Waals surface area contributed by atoms with Gasteiger partial charge >= 0.3 is 0 Å². The number of carbonyl (C=O) groups excluding carboxylic acids is 1. The molecule has 1 amide bonds. The van der Waals surface area contributed by atoms with Gasteiger partial charge in [0.25, 0.3) is 5.91 Å². The molecule has 4 heteroatoms. The predicted octanol–water partition coefficient (Wildman–Crippen LogP) is 3.23. The lowest BCUT2D eigenvalue weighted by Gasteiger charge is -2.16. The van der Waals surface area contributed by atoms with E-state index in [9.17, 15) is 4.79 Å². The molecule has 0 saturated carbocycles. The molecule has 2 rings (SSSR count). The molecule has 0 aliphatic heterocycles. The van der Waals surface area contributed by atoms with Gasteiger partial charge in [-0.25, -0.2) is 0 Å². The zero-order chi connectivity index (χ0) is 15.2. The fourth-order valence-electron chi connectivity index (χ4n) is 2.15. The second-order valence-corrected chi connectivity index (χ2v) is 4.76. The second-order valence-electron chi connectivity index (χ2n) is 4.76. The van der Waals surface area contributed by atoms with E-state index >= 15 is 0 Å². The lowest BCUT2D eigenvalue weighted by molar-refractivity contribution is 0.0940. The molecular formula is C17H20N2O2. The van der Waals surface area contributed by atoms with Crippen LogP contribution in [0.2, 0.25) is 0 Å². The first-order chi connectivity index (χ1) is 10.2. The molecule has 0 aliphatic rings. The van der Waals surface area contributed by atoms with Gasteiger partial charge < -0.3 is 15.4 Å². The van der Waals surface area contributed by atoms with Crippen molar-refractivity contribution >= 4 is 11.6 Å². The van der Waals surface area contributed by atoms with Crippen molar-refractivity contribution < 1.29 is 9.53 Å². The third-order valence-corrected chi connectivity index (χ3v) is 3.40. The molecular weight excluding hydrogens is 264 g/mol. The van der Waals surface area contributed by atoms with Crippen LogP contribution in [-0.4, -0.2) is 20.1 Å². The van der Waals surface area contributed by atoms with Crippen molar-refractivity contribution in [3.8, 4) is 5.75 Å². The van der Waals surface area contributed by atoms with Gasteiger partial charge in [0.05, 0.1) is 18.7 Å². The van der Waals surface area contributed by atoms with Crippen LogP contribution < -0.4 is 15.4 Å². The van der Waals surface area contributed by atoms with Crippen molar-refractivity contribution in [2.45, 2.75) is 13.0 Å². The largest absolute Gasteiger partial charge is 0.497 e. The molecule has 1 unspecified atom stereocenters. The van der Waals surface area contributed by atoms with Crippen molar-refractivity contribution in [1.29, 1.82) is 0 Å². The molecule has 0 aromatic heterocycles. The predicted molar refractivity (Wildman–Crippen MR) is 84.9 cm³/mol. The molecule has 0 radical (unpaired) electrons. The summed E-state index contributed by atoms with van der Waals surface area (Å²) in [6, 6.07) is 15.0. The molecule has 2 aromatic carbocycles. The zero-order valence-electron chi connectivity index (χ0n) is 12.5. The highest BCUT2D eigenvalue weighted by Crippen LogP contribution is 2.19. The molecule has 0 saturated heterocycles. The minimum absolute atomic E-state index is 0.0756. The van der Waals surface area contributed by atoms with Gasteiger partial charge in [0.1, 0.15) is 5.75 Å². The Morgan fingerprint density at radius 3 is 2.38 bits per heavy atom. The number of rotatable bonds is 5. The van der Waals surface area contributed by atoms with Crippen LogP contribution >= 0.6 is 0 Å². The number of hydrogen-bond donors (Lipinski definition) is 2. The van der Waals surface area contributed by atoms with Crippen molar-refractivity contribution in [2.24, 2.45) is 0 Å². The highest BCUT2D eigenvalue weighted by Gasteiger charge is 2.14. The summed E-state index contributed by atoms with van der Waals surface area (Å²) in [5.74, 6) is 0.709. The van der Waals surface area contributed by atoms with Crippen LogP contribution in [0.15, 0.2) is 48.5 Å². The van der Waals surface area contributed by atoms with Crippen molar-refractivity contribution in [3.63, 3.8) is 0 Å². The average Bonchev–Trinajstić information content (AvgIpc) is 2.54. The van der Waals surface area contributed by atoms with E-state index in [1.54, 1.807) is 14.2 Å². The highest BCUT2D eigenvalue weighted by molar-refractivity contribution is 5.99. The van der Waals surface area contributed by atoms with Crippen molar-refractivity contribution in [1.82, 2.24) is 5.32 Å². The summed E-state index contributed by atoms with van der Waals surface area (Å²) < 4.78 is 5.13. The number of carbonyl (C=O) groups is 1. The number of nitrogens with one attached hydrogen (secondary N) is 2. The molecule has 2 N–H and O–H groups in total. The van der Waals surface area contributed by atoms with Crippen LogP contribution in [0.4, 0.5) is 5.69 Å². The van der Waals surface area contributed by atoms with Gasteiger partial charge in [-0.1, -0.05) is 24.3 Å². The molecule has 0 aliphatic carbocycles. The maximum Gasteiger partial charge on any atom is 0.253 e. The summed E-state index contributed by atoms with van der Waals surface area (Å²) in [4.78, 5) is 12.4. The topological polar surface area (TPSA) is 50.4 Å². The highest BCUT2D eigenvalue weighted by atomic mass is 16.5. The standard InChI is InChI=1S/C17H20N2O2/c1-12(13-8-10-14(21-3)11-9-13)19-17(20)15-6-4-5-7-16(15)18-2/h4-12,18H,1-3H3,(H,19,20). The normalized spacial score (nSPS) is 11.6. The molecule has 2 aromatic rings. The van der Waals surface area contributed by atoms with E-state index in [1.807, 2.05) is 55.5 Å². The van der Waals surface area contributed by atoms with E-state index in [0.29, 0.717) is 5.56 Å². The first-order valence-electron chi connectivity index (χ1n) is 6.87. The Morgan fingerprint density at radius 2 is 1.76 bits per heavy atom. The summed E-state index contributed by atoms with van der Waals surface area (Å²) in [5.41, 5.74) is 2.49. The average molecular weight is 284 g/mol. The van der Waals surface area contributed by atoms with Gasteiger partial charge in [-0.15, -0.1) is 0 Å². The SMILES string of the molecule is CNc1ccccc1C(=O)NC(C)c1ccc(OC)cc1.